The van der Waals surface area contributed by atoms with Gasteiger partial charge >= 0.3 is 5.97 Å². The van der Waals surface area contributed by atoms with Crippen molar-refractivity contribution >= 4 is 27.5 Å². The van der Waals surface area contributed by atoms with Crippen molar-refractivity contribution in [1.29, 1.82) is 5.41 Å². The second kappa shape index (κ2) is 4.71. The minimum absolute atomic E-state index is 0.0980. The van der Waals surface area contributed by atoms with Crippen LogP contribution in [0.25, 0.3) is 10.2 Å². The first kappa shape index (κ1) is 11.9. The minimum Gasteiger partial charge on any atom is -0.468 e. The molecule has 5 heteroatoms. The molecule has 0 radical (unpaired) electrons. The molecule has 0 amide bonds. The second-order valence-corrected chi connectivity index (χ2v) is 4.76. The molecule has 0 unspecified atom stereocenters. The van der Waals surface area contributed by atoms with Crippen molar-refractivity contribution in [3.8, 4) is 0 Å². The lowest BCUT2D eigenvalue weighted by Gasteiger charge is -2.03. The van der Waals surface area contributed by atoms with E-state index < -0.39 is 0 Å². The van der Waals surface area contributed by atoms with Gasteiger partial charge in [-0.05, 0) is 24.1 Å². The van der Waals surface area contributed by atoms with Gasteiger partial charge in [0.15, 0.2) is 4.80 Å². The summed E-state index contributed by atoms with van der Waals surface area (Å²) in [5.74, 6) is -0.331. The molecule has 1 aromatic heterocycles. The van der Waals surface area contributed by atoms with Gasteiger partial charge in [0, 0.05) is 0 Å². The lowest BCUT2D eigenvalue weighted by molar-refractivity contribution is -0.141. The summed E-state index contributed by atoms with van der Waals surface area (Å²) >= 11 is 1.38. The van der Waals surface area contributed by atoms with Crippen LogP contribution in [-0.2, 0) is 22.5 Å². The Morgan fingerprint density at radius 1 is 1.53 bits per heavy atom. The maximum atomic E-state index is 11.3. The van der Waals surface area contributed by atoms with Crippen molar-refractivity contribution in [2.45, 2.75) is 19.9 Å². The zero-order valence-corrected chi connectivity index (χ0v) is 10.6. The molecule has 0 spiro atoms. The molecule has 90 valence electrons. The fourth-order valence-electron chi connectivity index (χ4n) is 1.70. The number of carbonyl (C=O) groups is 1. The largest absolute Gasteiger partial charge is 0.468 e. The Morgan fingerprint density at radius 3 is 2.94 bits per heavy atom. The highest BCUT2D eigenvalue weighted by molar-refractivity contribution is 7.16. The number of esters is 1. The molecule has 0 bridgehead atoms. The van der Waals surface area contributed by atoms with Gasteiger partial charge in [0.2, 0.25) is 0 Å². The predicted octanol–water partition coefficient (Wildman–Crippen LogP) is 1.92. The number of ether oxygens (including phenoxy) is 1. The maximum absolute atomic E-state index is 11.3. The van der Waals surface area contributed by atoms with Crippen molar-refractivity contribution in [3.05, 3.63) is 28.6 Å². The Kier molecular flexibility index (Phi) is 3.28. The summed E-state index contributed by atoms with van der Waals surface area (Å²) in [6.45, 7) is 2.19. The molecular formula is C12H14N2O2S. The first-order valence-electron chi connectivity index (χ1n) is 5.39. The Hall–Kier alpha value is -1.62. The quantitative estimate of drug-likeness (QED) is 0.846. The number of fused-ring (bicyclic) bond motifs is 1. The van der Waals surface area contributed by atoms with Crippen LogP contribution in [-0.4, -0.2) is 17.6 Å². The summed E-state index contributed by atoms with van der Waals surface area (Å²) in [7, 11) is 1.36. The Morgan fingerprint density at radius 2 is 2.29 bits per heavy atom. The van der Waals surface area contributed by atoms with Crippen LogP contribution in [0.4, 0.5) is 0 Å². The van der Waals surface area contributed by atoms with Crippen molar-refractivity contribution < 1.29 is 9.53 Å². The number of aryl methyl sites for hydroxylation is 1. The van der Waals surface area contributed by atoms with Gasteiger partial charge in [0.1, 0.15) is 6.54 Å². The molecule has 0 fully saturated rings. The van der Waals surface area contributed by atoms with Crippen molar-refractivity contribution in [1.82, 2.24) is 4.57 Å². The molecule has 4 nitrogen and oxygen atoms in total. The lowest BCUT2D eigenvalue weighted by Crippen LogP contribution is -2.20. The number of rotatable bonds is 3. The number of hydrogen-bond acceptors (Lipinski definition) is 4. The zero-order valence-electron chi connectivity index (χ0n) is 9.82. The second-order valence-electron chi connectivity index (χ2n) is 3.73. The number of aromatic nitrogens is 1. The summed E-state index contributed by atoms with van der Waals surface area (Å²) in [5.41, 5.74) is 2.16. The van der Waals surface area contributed by atoms with Crippen molar-refractivity contribution in [2.75, 3.05) is 7.11 Å². The SMILES string of the molecule is CCc1ccc2c(c1)sc(=N)n2CC(=O)OC. The molecule has 0 aliphatic heterocycles. The molecule has 0 saturated heterocycles. The van der Waals surface area contributed by atoms with Crippen LogP contribution in [0, 0.1) is 5.41 Å². The Balaban J connectivity index is 2.52. The summed E-state index contributed by atoms with van der Waals surface area (Å²) in [6.07, 6.45) is 0.970. The van der Waals surface area contributed by atoms with Crippen LogP contribution in [0.1, 0.15) is 12.5 Å². The van der Waals surface area contributed by atoms with Crippen LogP contribution < -0.4 is 4.80 Å². The highest BCUT2D eigenvalue weighted by Crippen LogP contribution is 2.19. The first-order chi connectivity index (χ1) is 8.15. The molecule has 0 saturated carbocycles. The number of nitrogens with one attached hydrogen (secondary N) is 1. The van der Waals surface area contributed by atoms with Gasteiger partial charge in [-0.3, -0.25) is 10.2 Å². The number of carbonyl (C=O) groups excluding carboxylic acids is 1. The third-order valence-electron chi connectivity index (χ3n) is 2.69. The van der Waals surface area contributed by atoms with E-state index in [1.807, 2.05) is 12.1 Å². The van der Waals surface area contributed by atoms with Crippen molar-refractivity contribution in [2.24, 2.45) is 0 Å². The van der Waals surface area contributed by atoms with Gasteiger partial charge in [0.25, 0.3) is 0 Å². The third-order valence-corrected chi connectivity index (χ3v) is 3.65. The van der Waals surface area contributed by atoms with E-state index in [0.29, 0.717) is 4.80 Å². The Labute approximate surface area is 103 Å². The number of thiazole rings is 1. The van der Waals surface area contributed by atoms with Gasteiger partial charge in [-0.1, -0.05) is 24.3 Å². The number of nitrogens with zero attached hydrogens (tertiary/aromatic N) is 1. The van der Waals surface area contributed by atoms with E-state index in [-0.39, 0.29) is 12.5 Å². The molecule has 1 heterocycles. The number of methoxy groups -OCH3 is 1. The van der Waals surface area contributed by atoms with Crippen LogP contribution in [0.2, 0.25) is 0 Å². The first-order valence-corrected chi connectivity index (χ1v) is 6.21. The van der Waals surface area contributed by atoms with Gasteiger partial charge < -0.3 is 9.30 Å². The van der Waals surface area contributed by atoms with E-state index in [1.165, 1.54) is 24.0 Å². The number of benzene rings is 1. The number of hydrogen-bond donors (Lipinski definition) is 1. The van der Waals surface area contributed by atoms with Crippen LogP contribution in [0.3, 0.4) is 0 Å². The lowest BCUT2D eigenvalue weighted by atomic mass is 10.2. The average molecular weight is 250 g/mol. The van der Waals surface area contributed by atoms with E-state index in [9.17, 15) is 4.79 Å². The maximum Gasteiger partial charge on any atom is 0.325 e. The normalized spacial score (nSPS) is 10.7. The standard InChI is InChI=1S/C12H14N2O2S/c1-3-8-4-5-9-10(6-8)17-12(13)14(9)7-11(15)16-2/h4-6,13H,3,7H2,1-2H3. The molecule has 17 heavy (non-hydrogen) atoms. The fourth-order valence-corrected chi connectivity index (χ4v) is 2.68. The highest BCUT2D eigenvalue weighted by Gasteiger charge is 2.09. The summed E-state index contributed by atoms with van der Waals surface area (Å²) in [6, 6.07) is 6.07. The van der Waals surface area contributed by atoms with Gasteiger partial charge in [-0.2, -0.15) is 0 Å². The summed E-state index contributed by atoms with van der Waals surface area (Å²) in [4.78, 5) is 11.7. The molecule has 1 N–H and O–H groups in total. The average Bonchev–Trinajstić information content (AvgIpc) is 2.64. The van der Waals surface area contributed by atoms with E-state index in [4.69, 9.17) is 5.41 Å². The monoisotopic (exact) mass is 250 g/mol. The smallest absolute Gasteiger partial charge is 0.325 e. The van der Waals surface area contributed by atoms with Crippen LogP contribution >= 0.6 is 11.3 Å². The molecule has 2 aromatic rings. The van der Waals surface area contributed by atoms with Crippen molar-refractivity contribution in [3.63, 3.8) is 0 Å². The zero-order chi connectivity index (χ0) is 12.4. The van der Waals surface area contributed by atoms with Crippen LogP contribution in [0.5, 0.6) is 0 Å². The van der Waals surface area contributed by atoms with Gasteiger partial charge in [-0.25, -0.2) is 0 Å². The van der Waals surface area contributed by atoms with E-state index in [0.717, 1.165) is 16.6 Å². The molecule has 1 aromatic carbocycles. The van der Waals surface area contributed by atoms with E-state index in [2.05, 4.69) is 17.7 Å². The predicted molar refractivity (Wildman–Crippen MR) is 67.1 cm³/mol. The molecule has 0 aliphatic carbocycles. The molecule has 0 atom stereocenters. The van der Waals surface area contributed by atoms with Gasteiger partial charge in [0.05, 0.1) is 17.3 Å². The van der Waals surface area contributed by atoms with Crippen LogP contribution in [0.15, 0.2) is 18.2 Å². The third kappa shape index (κ3) is 2.24. The Bertz CT molecular complexity index is 612. The fraction of sp³-hybridized carbons (Fsp3) is 0.333. The minimum atomic E-state index is -0.331. The molecular weight excluding hydrogens is 236 g/mol. The highest BCUT2D eigenvalue weighted by atomic mass is 32.1. The summed E-state index contributed by atoms with van der Waals surface area (Å²) in [5, 5.41) is 7.87. The topological polar surface area (TPSA) is 55.1 Å². The van der Waals surface area contributed by atoms with E-state index >= 15 is 0 Å². The summed E-state index contributed by atoms with van der Waals surface area (Å²) < 4.78 is 7.35. The van der Waals surface area contributed by atoms with Gasteiger partial charge in [-0.15, -0.1) is 0 Å². The molecule has 0 aliphatic rings. The van der Waals surface area contributed by atoms with E-state index in [1.54, 1.807) is 4.57 Å². The molecule has 2 rings (SSSR count).